The van der Waals surface area contributed by atoms with Gasteiger partial charge >= 0.3 is 0 Å². The Morgan fingerprint density at radius 1 is 0.870 bits per heavy atom. The Morgan fingerprint density at radius 2 is 1.39 bits per heavy atom. The zero-order valence-corrected chi connectivity index (χ0v) is 11.4. The maximum Gasteiger partial charge on any atom is 0.250 e. The summed E-state index contributed by atoms with van der Waals surface area (Å²) in [7, 11) is 0. The Hall–Kier alpha value is -2.25. The molecule has 1 aromatic rings. The average molecular weight is 329 g/mol. The van der Waals surface area contributed by atoms with Gasteiger partial charge in [-0.15, -0.1) is 0 Å². The van der Waals surface area contributed by atoms with Crippen LogP contribution >= 0.6 is 0 Å². The number of anilines is 1. The van der Waals surface area contributed by atoms with E-state index in [4.69, 9.17) is 0 Å². The van der Waals surface area contributed by atoms with Gasteiger partial charge in [0, 0.05) is 5.92 Å². The molecule has 1 saturated heterocycles. The number of rotatable bonds is 1. The van der Waals surface area contributed by atoms with E-state index in [1.165, 1.54) is 0 Å². The highest BCUT2D eigenvalue weighted by Gasteiger charge is 2.69. The number of amides is 2. The van der Waals surface area contributed by atoms with Crippen LogP contribution < -0.4 is 4.90 Å². The number of hydrogen-bond donors (Lipinski definition) is 0. The lowest BCUT2D eigenvalue weighted by molar-refractivity contribution is -0.154. The Labute approximate surface area is 126 Å². The van der Waals surface area contributed by atoms with Gasteiger partial charge in [-0.2, -0.15) is 0 Å². The number of imide groups is 1. The molecular weight excluding hydrogens is 321 g/mol. The van der Waals surface area contributed by atoms with Crippen LogP contribution in [0.25, 0.3) is 0 Å². The van der Waals surface area contributed by atoms with E-state index in [9.17, 15) is 31.5 Å². The molecule has 8 heteroatoms. The highest BCUT2D eigenvalue weighted by molar-refractivity contribution is 6.36. The summed E-state index contributed by atoms with van der Waals surface area (Å²) in [4.78, 5) is 24.9. The second-order valence-corrected chi connectivity index (χ2v) is 6.03. The van der Waals surface area contributed by atoms with E-state index in [-0.39, 0.29) is 23.2 Å². The SMILES string of the molecule is O=C1N(c2c(F)c(F)c(F)c(F)c2F)C(=O)C12C[C@H]1C=C[C@@H]2C1. The first-order chi connectivity index (χ1) is 10.8. The predicted molar refractivity (Wildman–Crippen MR) is 66.5 cm³/mol. The smallest absolute Gasteiger partial charge is 0.250 e. The summed E-state index contributed by atoms with van der Waals surface area (Å²) >= 11 is 0. The van der Waals surface area contributed by atoms with E-state index in [2.05, 4.69) is 0 Å². The molecule has 0 aromatic heterocycles. The Kier molecular flexibility index (Phi) is 2.61. The van der Waals surface area contributed by atoms with Crippen molar-refractivity contribution in [1.29, 1.82) is 0 Å². The lowest BCUT2D eigenvalue weighted by Gasteiger charge is -2.47. The normalized spacial score (nSPS) is 27.3. The summed E-state index contributed by atoms with van der Waals surface area (Å²) in [5.74, 6) is -13.3. The molecule has 0 radical (unpaired) electrons. The van der Waals surface area contributed by atoms with Crippen LogP contribution in [-0.4, -0.2) is 11.8 Å². The Morgan fingerprint density at radius 3 is 1.83 bits per heavy atom. The van der Waals surface area contributed by atoms with Crippen LogP contribution in [0, 0.1) is 46.3 Å². The number of fused-ring (bicyclic) bond motifs is 3. The fourth-order valence-electron chi connectivity index (χ4n) is 3.87. The first kappa shape index (κ1) is 14.3. The largest absolute Gasteiger partial charge is 0.273 e. The highest BCUT2D eigenvalue weighted by Crippen LogP contribution is 2.59. The molecule has 2 fully saturated rings. The average Bonchev–Trinajstić information content (AvgIpc) is 3.16. The molecule has 120 valence electrons. The topological polar surface area (TPSA) is 37.4 Å². The molecule has 1 heterocycles. The van der Waals surface area contributed by atoms with Crippen molar-refractivity contribution < 1.29 is 31.5 Å². The number of nitrogens with zero attached hydrogens (tertiary/aromatic N) is 1. The van der Waals surface area contributed by atoms with Gasteiger partial charge in [0.2, 0.25) is 17.6 Å². The molecule has 23 heavy (non-hydrogen) atoms. The van der Waals surface area contributed by atoms with Crippen LogP contribution in [-0.2, 0) is 9.59 Å². The third-order valence-electron chi connectivity index (χ3n) is 4.97. The summed E-state index contributed by atoms with van der Waals surface area (Å²) in [6, 6.07) is 0. The van der Waals surface area contributed by atoms with Gasteiger partial charge in [0.25, 0.3) is 0 Å². The van der Waals surface area contributed by atoms with Crippen molar-refractivity contribution in [3.8, 4) is 0 Å². The number of benzene rings is 1. The maximum absolute atomic E-state index is 13.8. The second-order valence-electron chi connectivity index (χ2n) is 6.03. The van der Waals surface area contributed by atoms with Gasteiger partial charge in [0.1, 0.15) is 11.1 Å². The lowest BCUT2D eigenvalue weighted by Crippen LogP contribution is -2.68. The third kappa shape index (κ3) is 1.44. The molecule has 2 aliphatic carbocycles. The van der Waals surface area contributed by atoms with Crippen molar-refractivity contribution >= 4 is 17.5 Å². The molecule has 3 nitrogen and oxygen atoms in total. The fraction of sp³-hybridized carbons (Fsp3) is 0.333. The predicted octanol–water partition coefficient (Wildman–Crippen LogP) is 2.84. The molecule has 4 rings (SSSR count). The standard InChI is InChI=1S/C15H8F5NO2/c16-7-8(17)10(19)12(11(20)9(7)18)21-13(22)15(14(21)23)4-5-1-2-6(15)3-5/h1-2,5-6H,3-4H2/t5-,6+/m0/s1. The molecule has 2 bridgehead atoms. The number of carbonyl (C=O) groups excluding carboxylic acids is 2. The monoisotopic (exact) mass is 329 g/mol. The van der Waals surface area contributed by atoms with E-state index >= 15 is 0 Å². The molecule has 1 aromatic carbocycles. The lowest BCUT2D eigenvalue weighted by atomic mass is 9.67. The molecule has 0 N–H and O–H groups in total. The first-order valence-corrected chi connectivity index (χ1v) is 6.89. The van der Waals surface area contributed by atoms with Crippen LogP contribution in [0.3, 0.4) is 0 Å². The minimum atomic E-state index is -2.33. The number of halogens is 5. The van der Waals surface area contributed by atoms with E-state index < -0.39 is 52.0 Å². The second kappa shape index (κ2) is 4.18. The number of hydrogen-bond acceptors (Lipinski definition) is 2. The van der Waals surface area contributed by atoms with Crippen molar-refractivity contribution in [3.63, 3.8) is 0 Å². The van der Waals surface area contributed by atoms with Crippen molar-refractivity contribution in [2.45, 2.75) is 12.8 Å². The van der Waals surface area contributed by atoms with Crippen LogP contribution in [0.5, 0.6) is 0 Å². The molecule has 1 saturated carbocycles. The first-order valence-electron chi connectivity index (χ1n) is 6.89. The zero-order valence-electron chi connectivity index (χ0n) is 11.4. The third-order valence-corrected chi connectivity index (χ3v) is 4.97. The molecule has 1 spiro atoms. The van der Waals surface area contributed by atoms with Crippen molar-refractivity contribution in [2.75, 3.05) is 4.90 Å². The summed E-state index contributed by atoms with van der Waals surface area (Å²) in [5.41, 5.74) is -2.91. The highest BCUT2D eigenvalue weighted by atomic mass is 19.2. The van der Waals surface area contributed by atoms with E-state index in [1.807, 2.05) is 6.08 Å². The molecule has 3 aliphatic rings. The van der Waals surface area contributed by atoms with Crippen molar-refractivity contribution in [2.24, 2.45) is 17.3 Å². The Balaban J connectivity index is 1.82. The van der Waals surface area contributed by atoms with Gasteiger partial charge in [-0.1, -0.05) is 12.2 Å². The van der Waals surface area contributed by atoms with Crippen LogP contribution in [0.2, 0.25) is 0 Å². The summed E-state index contributed by atoms with van der Waals surface area (Å²) in [6.07, 6.45) is 4.33. The number of allylic oxidation sites excluding steroid dienone is 2. The van der Waals surface area contributed by atoms with Gasteiger partial charge < -0.3 is 0 Å². The molecule has 0 unspecified atom stereocenters. The zero-order chi connectivity index (χ0) is 16.7. The molecular formula is C15H8F5NO2. The van der Waals surface area contributed by atoms with E-state index in [1.54, 1.807) is 6.08 Å². The van der Waals surface area contributed by atoms with Gasteiger partial charge in [-0.05, 0) is 18.8 Å². The van der Waals surface area contributed by atoms with Gasteiger partial charge in [-0.3, -0.25) is 9.59 Å². The van der Waals surface area contributed by atoms with Crippen molar-refractivity contribution in [1.82, 2.24) is 0 Å². The van der Waals surface area contributed by atoms with Gasteiger partial charge in [-0.25, -0.2) is 26.9 Å². The Bertz CT molecular complexity index is 774. The van der Waals surface area contributed by atoms with Crippen LogP contribution in [0.1, 0.15) is 12.8 Å². The molecule has 2 atom stereocenters. The fourth-order valence-corrected chi connectivity index (χ4v) is 3.87. The number of β-lactam (4-membered cyclic amide) rings is 2. The minimum absolute atomic E-state index is 0.0198. The van der Waals surface area contributed by atoms with E-state index in [0.29, 0.717) is 6.42 Å². The minimum Gasteiger partial charge on any atom is -0.273 e. The summed E-state index contributed by atoms with van der Waals surface area (Å²) in [6.45, 7) is 0. The van der Waals surface area contributed by atoms with Crippen LogP contribution in [0.4, 0.5) is 27.6 Å². The summed E-state index contributed by atoms with van der Waals surface area (Å²) < 4.78 is 67.2. The van der Waals surface area contributed by atoms with Crippen LogP contribution in [0.15, 0.2) is 12.2 Å². The van der Waals surface area contributed by atoms with Crippen molar-refractivity contribution in [3.05, 3.63) is 41.2 Å². The molecule has 1 aliphatic heterocycles. The summed E-state index contributed by atoms with van der Waals surface area (Å²) in [5, 5.41) is 0. The molecule has 2 amide bonds. The van der Waals surface area contributed by atoms with E-state index in [0.717, 1.165) is 0 Å². The van der Waals surface area contributed by atoms with Gasteiger partial charge in [0.15, 0.2) is 23.3 Å². The number of carbonyl (C=O) groups is 2. The van der Waals surface area contributed by atoms with Gasteiger partial charge in [0.05, 0.1) is 0 Å². The maximum atomic E-state index is 13.8. The quantitative estimate of drug-likeness (QED) is 0.198.